The Morgan fingerprint density at radius 1 is 1.47 bits per heavy atom. The van der Waals surface area contributed by atoms with Crippen LogP contribution in [0.25, 0.3) is 0 Å². The molecule has 0 aliphatic carbocycles. The molecule has 0 fully saturated rings. The fourth-order valence-electron chi connectivity index (χ4n) is 1.14. The summed E-state index contributed by atoms with van der Waals surface area (Å²) in [5.41, 5.74) is 5.70. The second-order valence-electron chi connectivity index (χ2n) is 3.05. The van der Waals surface area contributed by atoms with Crippen LogP contribution in [0.15, 0.2) is 23.1 Å². The van der Waals surface area contributed by atoms with Crippen LogP contribution in [0.1, 0.15) is 5.56 Å². The minimum Gasteiger partial charge on any atom is -0.495 e. The summed E-state index contributed by atoms with van der Waals surface area (Å²) in [5.74, 6) is 0.0681. The molecule has 5 nitrogen and oxygen atoms in total. The molecule has 0 saturated carbocycles. The van der Waals surface area contributed by atoms with Crippen molar-refractivity contribution < 1.29 is 13.2 Å². The maximum Gasteiger partial charge on any atom is 0.179 e. The van der Waals surface area contributed by atoms with E-state index in [1.54, 1.807) is 0 Å². The third-order valence-corrected chi connectivity index (χ3v) is 3.01. The molecule has 0 aliphatic heterocycles. The number of benzene rings is 1. The lowest BCUT2D eigenvalue weighted by Crippen LogP contribution is -2.12. The summed E-state index contributed by atoms with van der Waals surface area (Å²) in [7, 11) is -1.96. The Hall–Kier alpha value is -1.56. The summed E-state index contributed by atoms with van der Waals surface area (Å²) < 4.78 is 27.6. The third kappa shape index (κ3) is 2.47. The molecule has 0 unspecified atom stereocenters. The van der Waals surface area contributed by atoms with Crippen molar-refractivity contribution in [3.8, 4) is 5.75 Å². The predicted molar refractivity (Wildman–Crippen MR) is 57.1 cm³/mol. The molecule has 3 N–H and O–H groups in total. The molecular formula is C9H12N2O3S. The SMILES string of the molecule is COc1cc(C(=N)N)ccc1S(C)(=O)=O. The van der Waals surface area contributed by atoms with Gasteiger partial charge in [0.25, 0.3) is 0 Å². The van der Waals surface area contributed by atoms with Crippen LogP contribution in [0.2, 0.25) is 0 Å². The van der Waals surface area contributed by atoms with E-state index in [4.69, 9.17) is 15.9 Å². The number of nitrogens with two attached hydrogens (primary N) is 1. The molecule has 1 aromatic carbocycles. The molecule has 0 saturated heterocycles. The van der Waals surface area contributed by atoms with Gasteiger partial charge < -0.3 is 10.5 Å². The highest BCUT2D eigenvalue weighted by molar-refractivity contribution is 7.90. The summed E-state index contributed by atoms with van der Waals surface area (Å²) in [6.45, 7) is 0. The quantitative estimate of drug-likeness (QED) is 0.578. The second kappa shape index (κ2) is 3.90. The Morgan fingerprint density at radius 3 is 2.47 bits per heavy atom. The first kappa shape index (κ1) is 11.5. The second-order valence-corrected chi connectivity index (χ2v) is 5.04. The van der Waals surface area contributed by atoms with Gasteiger partial charge in [-0.15, -0.1) is 0 Å². The average Bonchev–Trinajstić information content (AvgIpc) is 2.15. The van der Waals surface area contributed by atoms with Crippen LogP contribution in [-0.2, 0) is 9.84 Å². The van der Waals surface area contributed by atoms with Crippen molar-refractivity contribution >= 4 is 15.7 Å². The smallest absolute Gasteiger partial charge is 0.179 e. The van der Waals surface area contributed by atoms with Gasteiger partial charge in [-0.25, -0.2) is 8.42 Å². The first-order chi connectivity index (χ1) is 6.86. The summed E-state index contributed by atoms with van der Waals surface area (Å²) >= 11 is 0. The van der Waals surface area contributed by atoms with Crippen LogP contribution in [0.3, 0.4) is 0 Å². The van der Waals surface area contributed by atoms with E-state index < -0.39 is 9.84 Å². The zero-order chi connectivity index (χ0) is 11.6. The first-order valence-corrected chi connectivity index (χ1v) is 5.98. The molecule has 0 aromatic heterocycles. The number of methoxy groups -OCH3 is 1. The van der Waals surface area contributed by atoms with Crippen LogP contribution in [0, 0.1) is 5.41 Å². The molecule has 0 radical (unpaired) electrons. The molecule has 0 aliphatic rings. The molecule has 0 spiro atoms. The van der Waals surface area contributed by atoms with Gasteiger partial charge in [0.1, 0.15) is 16.5 Å². The Morgan fingerprint density at radius 2 is 2.07 bits per heavy atom. The van der Waals surface area contributed by atoms with E-state index in [9.17, 15) is 8.42 Å². The molecular weight excluding hydrogens is 216 g/mol. The van der Waals surface area contributed by atoms with E-state index in [0.717, 1.165) is 6.26 Å². The van der Waals surface area contributed by atoms with E-state index in [1.807, 2.05) is 0 Å². The Bertz CT molecular complexity index is 494. The summed E-state index contributed by atoms with van der Waals surface area (Å²) in [6.07, 6.45) is 1.10. The molecule has 1 rings (SSSR count). The van der Waals surface area contributed by atoms with Gasteiger partial charge in [0.05, 0.1) is 7.11 Å². The fraction of sp³-hybridized carbons (Fsp3) is 0.222. The van der Waals surface area contributed by atoms with E-state index in [0.29, 0.717) is 5.56 Å². The van der Waals surface area contributed by atoms with E-state index in [1.165, 1.54) is 25.3 Å². The lowest BCUT2D eigenvalue weighted by molar-refractivity contribution is 0.403. The molecule has 0 amide bonds. The molecule has 0 atom stereocenters. The highest BCUT2D eigenvalue weighted by Gasteiger charge is 2.14. The van der Waals surface area contributed by atoms with Crippen molar-refractivity contribution in [3.05, 3.63) is 23.8 Å². The van der Waals surface area contributed by atoms with E-state index in [-0.39, 0.29) is 16.5 Å². The van der Waals surface area contributed by atoms with E-state index in [2.05, 4.69) is 0 Å². The number of sulfone groups is 1. The van der Waals surface area contributed by atoms with Gasteiger partial charge in [-0.2, -0.15) is 0 Å². The maximum atomic E-state index is 11.3. The zero-order valence-corrected chi connectivity index (χ0v) is 9.26. The monoisotopic (exact) mass is 228 g/mol. The van der Waals surface area contributed by atoms with Gasteiger partial charge in [-0.05, 0) is 18.2 Å². The van der Waals surface area contributed by atoms with Gasteiger partial charge in [-0.3, -0.25) is 5.41 Å². The van der Waals surface area contributed by atoms with E-state index >= 15 is 0 Å². The minimum absolute atomic E-state index is 0.0926. The highest BCUT2D eigenvalue weighted by atomic mass is 32.2. The number of ether oxygens (including phenoxy) is 1. The molecule has 1 aromatic rings. The number of nitrogen functional groups attached to an aromatic ring is 1. The zero-order valence-electron chi connectivity index (χ0n) is 8.44. The lowest BCUT2D eigenvalue weighted by Gasteiger charge is -2.08. The number of rotatable bonds is 3. The van der Waals surface area contributed by atoms with Crippen molar-refractivity contribution in [1.29, 1.82) is 5.41 Å². The van der Waals surface area contributed by atoms with Gasteiger partial charge in [0, 0.05) is 11.8 Å². The van der Waals surface area contributed by atoms with Gasteiger partial charge in [0.2, 0.25) is 0 Å². The summed E-state index contributed by atoms with van der Waals surface area (Å²) in [4.78, 5) is 0.0926. The Labute approximate surface area is 88.3 Å². The van der Waals surface area contributed by atoms with Crippen LogP contribution >= 0.6 is 0 Å². The number of hydrogen-bond acceptors (Lipinski definition) is 4. The normalized spacial score (nSPS) is 11.1. The number of amidine groups is 1. The van der Waals surface area contributed by atoms with Gasteiger partial charge in [0.15, 0.2) is 9.84 Å². The Balaban J connectivity index is 3.40. The van der Waals surface area contributed by atoms with Crippen LogP contribution in [0.5, 0.6) is 5.75 Å². The largest absolute Gasteiger partial charge is 0.495 e. The minimum atomic E-state index is -3.32. The van der Waals surface area contributed by atoms with Crippen molar-refractivity contribution in [2.24, 2.45) is 5.73 Å². The first-order valence-electron chi connectivity index (χ1n) is 4.08. The van der Waals surface area contributed by atoms with Crippen LogP contribution in [0.4, 0.5) is 0 Å². The molecule has 0 heterocycles. The summed E-state index contributed by atoms with van der Waals surface area (Å²) in [6, 6.07) is 4.28. The standard InChI is InChI=1S/C9H12N2O3S/c1-14-7-5-6(9(10)11)3-4-8(7)15(2,12)13/h3-5H,1-2H3,(H3,10,11). The molecule has 82 valence electrons. The van der Waals surface area contributed by atoms with Crippen molar-refractivity contribution in [2.75, 3.05) is 13.4 Å². The Kier molecular flexibility index (Phi) is 2.99. The van der Waals surface area contributed by atoms with Crippen molar-refractivity contribution in [3.63, 3.8) is 0 Å². The molecule has 0 bridgehead atoms. The number of nitrogens with one attached hydrogen (secondary N) is 1. The molecule has 15 heavy (non-hydrogen) atoms. The topological polar surface area (TPSA) is 93.2 Å². The van der Waals surface area contributed by atoms with Gasteiger partial charge in [-0.1, -0.05) is 0 Å². The summed E-state index contributed by atoms with van der Waals surface area (Å²) in [5, 5.41) is 7.21. The van der Waals surface area contributed by atoms with Crippen LogP contribution in [-0.4, -0.2) is 27.6 Å². The maximum absolute atomic E-state index is 11.3. The van der Waals surface area contributed by atoms with Crippen molar-refractivity contribution in [1.82, 2.24) is 0 Å². The molecule has 6 heteroatoms. The predicted octanol–water partition coefficient (Wildman–Crippen LogP) is 0.383. The highest BCUT2D eigenvalue weighted by Crippen LogP contribution is 2.24. The van der Waals surface area contributed by atoms with Crippen molar-refractivity contribution in [2.45, 2.75) is 4.90 Å². The fourth-order valence-corrected chi connectivity index (χ4v) is 1.96. The third-order valence-electron chi connectivity index (χ3n) is 1.87. The average molecular weight is 228 g/mol. The van der Waals surface area contributed by atoms with Crippen LogP contribution < -0.4 is 10.5 Å². The van der Waals surface area contributed by atoms with Gasteiger partial charge >= 0.3 is 0 Å². The lowest BCUT2D eigenvalue weighted by atomic mass is 10.2. The number of hydrogen-bond donors (Lipinski definition) is 2.